The van der Waals surface area contributed by atoms with Gasteiger partial charge >= 0.3 is 0 Å². The number of hydrogen-bond donors (Lipinski definition) is 2. The van der Waals surface area contributed by atoms with E-state index >= 15 is 0 Å². The number of aromatic nitrogens is 2. The zero-order chi connectivity index (χ0) is 18.3. The molecule has 8 heteroatoms. The quantitative estimate of drug-likeness (QED) is 0.855. The first-order valence-electron chi connectivity index (χ1n) is 8.62. The number of nitrogens with one attached hydrogen (secondary N) is 1. The minimum absolute atomic E-state index is 0.0511. The maximum Gasteiger partial charge on any atom is 0.273 e. The molecule has 0 radical (unpaired) electrons. The Morgan fingerprint density at radius 1 is 1.27 bits per heavy atom. The van der Waals surface area contributed by atoms with E-state index in [-0.39, 0.29) is 18.0 Å². The summed E-state index contributed by atoms with van der Waals surface area (Å²) in [5.41, 5.74) is 8.18. The Kier molecular flexibility index (Phi) is 4.42. The maximum atomic E-state index is 12.3. The molecule has 26 heavy (non-hydrogen) atoms. The molecule has 3 heterocycles. The molecular weight excluding hydrogens is 354 g/mol. The number of carbonyl (C=O) groups is 1. The van der Waals surface area contributed by atoms with Gasteiger partial charge in [0.1, 0.15) is 17.5 Å². The number of rotatable bonds is 3. The molecule has 2 aromatic rings. The number of nitrogens with zero attached hydrogens (tertiary/aromatic N) is 3. The third-order valence-electron chi connectivity index (χ3n) is 4.76. The van der Waals surface area contributed by atoms with E-state index in [1.165, 1.54) is 0 Å². The number of anilines is 1. The number of nitrogens with two attached hydrogens (primary N) is 1. The summed E-state index contributed by atoms with van der Waals surface area (Å²) >= 11 is 6.52. The first-order valence-corrected chi connectivity index (χ1v) is 9.00. The van der Waals surface area contributed by atoms with E-state index in [9.17, 15) is 4.79 Å². The minimum atomic E-state index is -0.164. The standard InChI is InChI=1S/C18H20ClN5O2/c1-24-9-11-15(22-18(20)23-16(11)17(24)25)14-12(19)3-2-4-13(14)26-10-5-7-21-8-6-10/h2-4,10,21H,5-9H2,1H3,(H2,20,22,23). The smallest absolute Gasteiger partial charge is 0.273 e. The fraction of sp³-hybridized carbons (Fsp3) is 0.389. The summed E-state index contributed by atoms with van der Waals surface area (Å²) in [6.45, 7) is 2.27. The second-order valence-electron chi connectivity index (χ2n) is 6.60. The van der Waals surface area contributed by atoms with Crippen molar-refractivity contribution in [3.63, 3.8) is 0 Å². The normalized spacial score (nSPS) is 17.5. The highest BCUT2D eigenvalue weighted by Gasteiger charge is 2.32. The van der Waals surface area contributed by atoms with E-state index in [0.717, 1.165) is 31.5 Å². The molecule has 3 N–H and O–H groups in total. The number of piperidine rings is 1. The molecule has 0 atom stereocenters. The fourth-order valence-corrected chi connectivity index (χ4v) is 3.71. The second-order valence-corrected chi connectivity index (χ2v) is 7.01. The average Bonchev–Trinajstić information content (AvgIpc) is 2.91. The van der Waals surface area contributed by atoms with Gasteiger partial charge < -0.3 is 20.7 Å². The molecule has 1 aromatic heterocycles. The summed E-state index contributed by atoms with van der Waals surface area (Å²) in [7, 11) is 1.73. The van der Waals surface area contributed by atoms with Gasteiger partial charge in [0.2, 0.25) is 5.95 Å². The van der Waals surface area contributed by atoms with Gasteiger partial charge in [0.25, 0.3) is 5.91 Å². The number of benzene rings is 1. The summed E-state index contributed by atoms with van der Waals surface area (Å²) in [4.78, 5) is 22.5. The van der Waals surface area contributed by atoms with Crippen molar-refractivity contribution < 1.29 is 9.53 Å². The summed E-state index contributed by atoms with van der Waals surface area (Å²) in [5, 5.41) is 3.84. The number of fused-ring (bicyclic) bond motifs is 1. The number of ether oxygens (including phenoxy) is 1. The summed E-state index contributed by atoms with van der Waals surface area (Å²) in [6, 6.07) is 5.52. The third-order valence-corrected chi connectivity index (χ3v) is 5.08. The molecule has 7 nitrogen and oxygen atoms in total. The molecule has 0 spiro atoms. The number of carbonyl (C=O) groups excluding carboxylic acids is 1. The van der Waals surface area contributed by atoms with Crippen LogP contribution in [0.2, 0.25) is 5.02 Å². The lowest BCUT2D eigenvalue weighted by Crippen LogP contribution is -2.34. The molecule has 2 aliphatic rings. The molecular formula is C18H20ClN5O2. The first-order chi connectivity index (χ1) is 12.5. The van der Waals surface area contributed by atoms with Crippen molar-refractivity contribution >= 4 is 23.5 Å². The van der Waals surface area contributed by atoms with Crippen LogP contribution in [-0.2, 0) is 6.54 Å². The van der Waals surface area contributed by atoms with Crippen LogP contribution in [0.1, 0.15) is 28.9 Å². The van der Waals surface area contributed by atoms with Crippen molar-refractivity contribution in [2.24, 2.45) is 0 Å². The molecule has 1 aromatic carbocycles. The van der Waals surface area contributed by atoms with E-state index in [1.807, 2.05) is 12.1 Å². The molecule has 0 aliphatic carbocycles. The maximum absolute atomic E-state index is 12.3. The van der Waals surface area contributed by atoms with E-state index in [4.69, 9.17) is 22.1 Å². The Bertz CT molecular complexity index is 867. The van der Waals surface area contributed by atoms with E-state index < -0.39 is 0 Å². The lowest BCUT2D eigenvalue weighted by molar-refractivity contribution is 0.0812. The van der Waals surface area contributed by atoms with Gasteiger partial charge in [-0.15, -0.1) is 0 Å². The molecule has 4 rings (SSSR count). The number of hydrogen-bond acceptors (Lipinski definition) is 6. The van der Waals surface area contributed by atoms with Crippen molar-refractivity contribution in [1.82, 2.24) is 20.2 Å². The predicted octanol–water partition coefficient (Wildman–Crippen LogP) is 2.10. The highest BCUT2D eigenvalue weighted by atomic mass is 35.5. The largest absolute Gasteiger partial charge is 0.490 e. The van der Waals surface area contributed by atoms with Crippen LogP contribution >= 0.6 is 11.6 Å². The summed E-state index contributed by atoms with van der Waals surface area (Å²) in [5.74, 6) is 0.546. The average molecular weight is 374 g/mol. The zero-order valence-electron chi connectivity index (χ0n) is 14.5. The van der Waals surface area contributed by atoms with Gasteiger partial charge in [0.15, 0.2) is 0 Å². The molecule has 0 bridgehead atoms. The van der Waals surface area contributed by atoms with Gasteiger partial charge in [0.05, 0.1) is 22.8 Å². The van der Waals surface area contributed by atoms with Crippen LogP contribution in [0.15, 0.2) is 18.2 Å². The molecule has 0 saturated carbocycles. The van der Waals surface area contributed by atoms with Crippen LogP contribution in [0.5, 0.6) is 5.75 Å². The van der Waals surface area contributed by atoms with Gasteiger partial charge in [-0.1, -0.05) is 17.7 Å². The minimum Gasteiger partial charge on any atom is -0.490 e. The lowest BCUT2D eigenvalue weighted by atomic mass is 10.0. The second kappa shape index (κ2) is 6.74. The van der Waals surface area contributed by atoms with Crippen LogP contribution < -0.4 is 15.8 Å². The van der Waals surface area contributed by atoms with Crippen molar-refractivity contribution in [2.45, 2.75) is 25.5 Å². The Morgan fingerprint density at radius 2 is 2.00 bits per heavy atom. The predicted molar refractivity (Wildman–Crippen MR) is 99.2 cm³/mol. The molecule has 1 amide bonds. The van der Waals surface area contributed by atoms with Gasteiger partial charge in [-0.2, -0.15) is 0 Å². The SMILES string of the molecule is CN1Cc2c(nc(N)nc2-c2c(Cl)cccc2OC2CCNCC2)C1=O. The monoisotopic (exact) mass is 373 g/mol. The topological polar surface area (TPSA) is 93.4 Å². The van der Waals surface area contributed by atoms with Gasteiger partial charge in [-0.25, -0.2) is 9.97 Å². The molecule has 0 unspecified atom stereocenters. The van der Waals surface area contributed by atoms with Gasteiger partial charge in [-0.3, -0.25) is 4.79 Å². The molecule has 1 fully saturated rings. The highest BCUT2D eigenvalue weighted by Crippen LogP contribution is 2.40. The van der Waals surface area contributed by atoms with Crippen LogP contribution in [-0.4, -0.2) is 47.0 Å². The van der Waals surface area contributed by atoms with Crippen LogP contribution in [0.25, 0.3) is 11.3 Å². The number of nitrogen functional groups attached to an aromatic ring is 1. The number of halogens is 1. The van der Waals surface area contributed by atoms with Gasteiger partial charge in [0, 0.05) is 12.6 Å². The van der Waals surface area contributed by atoms with E-state index in [2.05, 4.69) is 15.3 Å². The first kappa shape index (κ1) is 17.1. The van der Waals surface area contributed by atoms with E-state index in [1.54, 1.807) is 18.0 Å². The Labute approximate surface area is 156 Å². The third kappa shape index (κ3) is 2.97. The Hall–Kier alpha value is -2.38. The summed E-state index contributed by atoms with van der Waals surface area (Å²) < 4.78 is 6.25. The van der Waals surface area contributed by atoms with Crippen LogP contribution in [0, 0.1) is 0 Å². The molecule has 2 aliphatic heterocycles. The van der Waals surface area contributed by atoms with Crippen molar-refractivity contribution in [1.29, 1.82) is 0 Å². The van der Waals surface area contributed by atoms with Crippen molar-refractivity contribution in [3.8, 4) is 17.0 Å². The fourth-order valence-electron chi connectivity index (χ4n) is 3.45. The molecule has 1 saturated heterocycles. The number of amides is 1. The Balaban J connectivity index is 1.82. The van der Waals surface area contributed by atoms with Crippen molar-refractivity contribution in [2.75, 3.05) is 25.9 Å². The van der Waals surface area contributed by atoms with E-state index in [0.29, 0.717) is 34.3 Å². The Morgan fingerprint density at radius 3 is 2.77 bits per heavy atom. The van der Waals surface area contributed by atoms with Crippen LogP contribution in [0.3, 0.4) is 0 Å². The lowest BCUT2D eigenvalue weighted by Gasteiger charge is -2.25. The highest BCUT2D eigenvalue weighted by molar-refractivity contribution is 6.33. The zero-order valence-corrected chi connectivity index (χ0v) is 15.2. The molecule has 136 valence electrons. The summed E-state index contributed by atoms with van der Waals surface area (Å²) in [6.07, 6.45) is 1.97. The van der Waals surface area contributed by atoms with Crippen molar-refractivity contribution in [3.05, 3.63) is 34.5 Å². The van der Waals surface area contributed by atoms with Gasteiger partial charge in [-0.05, 0) is 38.1 Å². The van der Waals surface area contributed by atoms with Crippen LogP contribution in [0.4, 0.5) is 5.95 Å².